The van der Waals surface area contributed by atoms with Crippen LogP contribution in [0, 0.1) is 0 Å². The fourth-order valence-electron chi connectivity index (χ4n) is 1.80. The van der Waals surface area contributed by atoms with Gasteiger partial charge in [0.1, 0.15) is 0 Å². The molecule has 2 aromatic heterocycles. The number of rotatable bonds is 2. The minimum Gasteiger partial charge on any atom is -0.459 e. The molecule has 5 nitrogen and oxygen atoms in total. The van der Waals surface area contributed by atoms with E-state index >= 15 is 0 Å². The molecule has 0 saturated carbocycles. The van der Waals surface area contributed by atoms with Gasteiger partial charge in [-0.15, -0.1) is 0 Å². The van der Waals surface area contributed by atoms with E-state index in [4.69, 9.17) is 4.42 Å². The number of aromatic nitrogens is 2. The molecule has 0 radical (unpaired) electrons. The molecule has 0 unspecified atom stereocenters. The molecule has 3 aromatic rings. The Balaban J connectivity index is 1.91. The minimum atomic E-state index is -0.262. The molecule has 5 heteroatoms. The smallest absolute Gasteiger partial charge is 0.291 e. The summed E-state index contributed by atoms with van der Waals surface area (Å²) in [5.74, 6) is 0.0293. The summed E-state index contributed by atoms with van der Waals surface area (Å²) in [5, 5.41) is 2.78. The number of nitrogens with zero attached hydrogens (tertiary/aromatic N) is 2. The van der Waals surface area contributed by atoms with Gasteiger partial charge < -0.3 is 14.3 Å². The van der Waals surface area contributed by atoms with Crippen LogP contribution in [0.3, 0.4) is 0 Å². The summed E-state index contributed by atoms with van der Waals surface area (Å²) in [7, 11) is 1.91. The molecule has 0 saturated heterocycles. The van der Waals surface area contributed by atoms with Crippen LogP contribution >= 0.6 is 0 Å². The average Bonchev–Trinajstić information content (AvgIpc) is 3.00. The molecular formula is C13H11N3O2. The fraction of sp³-hybridized carbons (Fsp3) is 0.0769. The molecule has 18 heavy (non-hydrogen) atoms. The largest absolute Gasteiger partial charge is 0.459 e. The first-order valence-corrected chi connectivity index (χ1v) is 5.50. The van der Waals surface area contributed by atoms with Crippen molar-refractivity contribution in [1.29, 1.82) is 0 Å². The molecule has 90 valence electrons. The molecule has 0 aliphatic heterocycles. The molecule has 1 amide bonds. The number of anilines is 1. The first-order valence-electron chi connectivity index (χ1n) is 5.50. The molecule has 0 fully saturated rings. The number of aryl methyl sites for hydroxylation is 1. The molecule has 0 bridgehead atoms. The zero-order valence-electron chi connectivity index (χ0n) is 9.75. The van der Waals surface area contributed by atoms with Gasteiger partial charge in [0.25, 0.3) is 5.91 Å². The highest BCUT2D eigenvalue weighted by Gasteiger charge is 2.09. The third kappa shape index (κ3) is 1.75. The van der Waals surface area contributed by atoms with E-state index in [9.17, 15) is 4.79 Å². The Bertz CT molecular complexity index is 698. The quantitative estimate of drug-likeness (QED) is 0.749. The van der Waals surface area contributed by atoms with Gasteiger partial charge in [-0.3, -0.25) is 4.79 Å². The molecule has 1 N–H and O–H groups in total. The van der Waals surface area contributed by atoms with E-state index in [2.05, 4.69) is 10.3 Å². The maximum atomic E-state index is 11.8. The van der Waals surface area contributed by atoms with Crippen LogP contribution in [0.15, 0.2) is 47.3 Å². The summed E-state index contributed by atoms with van der Waals surface area (Å²) < 4.78 is 6.93. The van der Waals surface area contributed by atoms with Gasteiger partial charge in [0.15, 0.2) is 5.76 Å². The van der Waals surface area contributed by atoms with Gasteiger partial charge in [-0.2, -0.15) is 0 Å². The number of hydrogen-bond donors (Lipinski definition) is 1. The lowest BCUT2D eigenvalue weighted by Gasteiger charge is -2.03. The summed E-state index contributed by atoms with van der Waals surface area (Å²) in [6, 6.07) is 8.86. The SMILES string of the molecule is Cn1cnc2ccc(NC(=O)c3ccco3)cc21. The number of benzene rings is 1. The van der Waals surface area contributed by atoms with E-state index in [-0.39, 0.29) is 5.91 Å². The van der Waals surface area contributed by atoms with Crippen molar-refractivity contribution in [2.24, 2.45) is 7.05 Å². The predicted molar refractivity (Wildman–Crippen MR) is 67.4 cm³/mol. The van der Waals surface area contributed by atoms with Gasteiger partial charge in [0.05, 0.1) is 23.6 Å². The minimum absolute atomic E-state index is 0.262. The van der Waals surface area contributed by atoms with Crippen molar-refractivity contribution in [3.05, 3.63) is 48.7 Å². The van der Waals surface area contributed by atoms with Gasteiger partial charge in [-0.1, -0.05) is 0 Å². The predicted octanol–water partition coefficient (Wildman–Crippen LogP) is 2.42. The highest BCUT2D eigenvalue weighted by Crippen LogP contribution is 2.18. The number of nitrogens with one attached hydrogen (secondary N) is 1. The number of imidazole rings is 1. The maximum Gasteiger partial charge on any atom is 0.291 e. The van der Waals surface area contributed by atoms with E-state index < -0.39 is 0 Å². The molecule has 0 spiro atoms. The monoisotopic (exact) mass is 241 g/mol. The Kier molecular flexibility index (Phi) is 2.37. The Morgan fingerprint density at radius 2 is 2.28 bits per heavy atom. The number of hydrogen-bond acceptors (Lipinski definition) is 3. The van der Waals surface area contributed by atoms with Gasteiger partial charge in [-0.05, 0) is 30.3 Å². The second-order valence-electron chi connectivity index (χ2n) is 3.99. The normalized spacial score (nSPS) is 10.7. The van der Waals surface area contributed by atoms with E-state index in [1.165, 1.54) is 6.26 Å². The summed E-state index contributed by atoms with van der Waals surface area (Å²) in [4.78, 5) is 16.0. The summed E-state index contributed by atoms with van der Waals surface area (Å²) in [6.45, 7) is 0. The Hall–Kier alpha value is -2.56. The Morgan fingerprint density at radius 1 is 1.39 bits per heavy atom. The molecular weight excluding hydrogens is 230 g/mol. The summed E-state index contributed by atoms with van der Waals surface area (Å²) in [6.07, 6.45) is 3.21. The van der Waals surface area contributed by atoms with E-state index in [1.54, 1.807) is 18.5 Å². The van der Waals surface area contributed by atoms with Gasteiger partial charge >= 0.3 is 0 Å². The zero-order chi connectivity index (χ0) is 12.5. The molecule has 1 aromatic carbocycles. The van der Waals surface area contributed by atoms with Crippen molar-refractivity contribution in [2.75, 3.05) is 5.32 Å². The summed E-state index contributed by atoms with van der Waals surface area (Å²) >= 11 is 0. The standard InChI is InChI=1S/C13H11N3O2/c1-16-8-14-10-5-4-9(7-11(10)16)15-13(17)12-3-2-6-18-12/h2-8H,1H3,(H,15,17). The van der Waals surface area contributed by atoms with Crippen molar-refractivity contribution in [1.82, 2.24) is 9.55 Å². The average molecular weight is 241 g/mol. The van der Waals surface area contributed by atoms with Crippen LogP contribution < -0.4 is 5.32 Å². The van der Waals surface area contributed by atoms with Crippen LogP contribution in [0.25, 0.3) is 11.0 Å². The molecule has 2 heterocycles. The lowest BCUT2D eigenvalue weighted by Crippen LogP contribution is -2.10. The van der Waals surface area contributed by atoms with Crippen LogP contribution in [0.2, 0.25) is 0 Å². The number of furan rings is 1. The van der Waals surface area contributed by atoms with Crippen LogP contribution in [-0.4, -0.2) is 15.5 Å². The second kappa shape index (κ2) is 4.03. The van der Waals surface area contributed by atoms with Gasteiger partial charge in [0.2, 0.25) is 0 Å². The van der Waals surface area contributed by atoms with Crippen molar-refractivity contribution in [3.63, 3.8) is 0 Å². The van der Waals surface area contributed by atoms with Gasteiger partial charge in [0, 0.05) is 12.7 Å². The van der Waals surface area contributed by atoms with Crippen LogP contribution in [0.4, 0.5) is 5.69 Å². The van der Waals surface area contributed by atoms with E-state index in [1.807, 2.05) is 29.8 Å². The van der Waals surface area contributed by atoms with E-state index in [0.717, 1.165) is 11.0 Å². The van der Waals surface area contributed by atoms with E-state index in [0.29, 0.717) is 11.4 Å². The molecule has 0 aliphatic rings. The number of carbonyl (C=O) groups excluding carboxylic acids is 1. The second-order valence-corrected chi connectivity index (χ2v) is 3.99. The first-order chi connectivity index (χ1) is 8.74. The van der Waals surface area contributed by atoms with Crippen LogP contribution in [-0.2, 0) is 7.05 Å². The zero-order valence-corrected chi connectivity index (χ0v) is 9.75. The van der Waals surface area contributed by atoms with Crippen molar-refractivity contribution >= 4 is 22.6 Å². The lowest BCUT2D eigenvalue weighted by atomic mass is 10.2. The highest BCUT2D eigenvalue weighted by molar-refractivity contribution is 6.03. The third-order valence-electron chi connectivity index (χ3n) is 2.73. The third-order valence-corrected chi connectivity index (χ3v) is 2.73. The van der Waals surface area contributed by atoms with Gasteiger partial charge in [-0.25, -0.2) is 4.98 Å². The van der Waals surface area contributed by atoms with Crippen molar-refractivity contribution in [3.8, 4) is 0 Å². The molecule has 0 aliphatic carbocycles. The topological polar surface area (TPSA) is 60.1 Å². The Morgan fingerprint density at radius 3 is 3.06 bits per heavy atom. The fourth-order valence-corrected chi connectivity index (χ4v) is 1.80. The number of fused-ring (bicyclic) bond motifs is 1. The lowest BCUT2D eigenvalue weighted by molar-refractivity contribution is 0.0996. The molecule has 3 rings (SSSR count). The van der Waals surface area contributed by atoms with Crippen LogP contribution in [0.1, 0.15) is 10.6 Å². The summed E-state index contributed by atoms with van der Waals surface area (Å²) in [5.41, 5.74) is 2.58. The van der Waals surface area contributed by atoms with Crippen LogP contribution in [0.5, 0.6) is 0 Å². The van der Waals surface area contributed by atoms with Crippen molar-refractivity contribution < 1.29 is 9.21 Å². The highest BCUT2D eigenvalue weighted by atomic mass is 16.3. The number of carbonyl (C=O) groups is 1. The first kappa shape index (κ1) is 10.6. The Labute approximate surface area is 103 Å². The molecule has 0 atom stereocenters. The maximum absolute atomic E-state index is 11.8. The van der Waals surface area contributed by atoms with Crippen molar-refractivity contribution in [2.45, 2.75) is 0 Å². The number of amides is 1.